The molecule has 1 amide bonds. The van der Waals surface area contributed by atoms with Gasteiger partial charge < -0.3 is 10.1 Å². The summed E-state index contributed by atoms with van der Waals surface area (Å²) in [5, 5.41) is 3.23. The molecule has 0 aliphatic heterocycles. The Balaban J connectivity index is 1.99. The number of nitrogens with one attached hydrogen (secondary N) is 1. The van der Waals surface area contributed by atoms with Crippen LogP contribution in [0.3, 0.4) is 0 Å². The Kier molecular flexibility index (Phi) is 7.09. The lowest BCUT2D eigenvalue weighted by Crippen LogP contribution is -2.15. The van der Waals surface area contributed by atoms with Crippen molar-refractivity contribution in [2.24, 2.45) is 0 Å². The van der Waals surface area contributed by atoms with E-state index in [0.717, 1.165) is 16.9 Å². The van der Waals surface area contributed by atoms with E-state index in [-0.39, 0.29) is 31.1 Å². The normalized spacial score (nSPS) is 10.4. The Morgan fingerprint density at radius 2 is 1.77 bits per heavy atom. The average molecular weight is 373 g/mol. The third-order valence-corrected chi connectivity index (χ3v) is 5.03. The van der Waals surface area contributed by atoms with Gasteiger partial charge >= 0.3 is 5.97 Å². The number of ketones is 1. The molecule has 0 aliphatic carbocycles. The van der Waals surface area contributed by atoms with Gasteiger partial charge in [-0.3, -0.25) is 9.59 Å². The number of anilines is 1. The predicted octanol–water partition coefficient (Wildman–Crippen LogP) is 4.40. The highest BCUT2D eigenvalue weighted by Crippen LogP contribution is 2.29. The number of ether oxygens (including phenoxy) is 1. The maximum absolute atomic E-state index is 12.2. The van der Waals surface area contributed by atoms with E-state index in [1.807, 2.05) is 26.0 Å². The molecule has 2 aromatic rings. The van der Waals surface area contributed by atoms with Gasteiger partial charge in [0.2, 0.25) is 5.91 Å². The van der Waals surface area contributed by atoms with Crippen molar-refractivity contribution < 1.29 is 19.1 Å². The third-order valence-electron chi connectivity index (χ3n) is 3.83. The van der Waals surface area contributed by atoms with Crippen LogP contribution in [0.4, 0.5) is 5.00 Å². The van der Waals surface area contributed by atoms with Crippen LogP contribution in [0, 0.1) is 6.92 Å². The fourth-order valence-corrected chi connectivity index (χ4v) is 3.37. The van der Waals surface area contributed by atoms with Crippen molar-refractivity contribution >= 4 is 34.0 Å². The molecule has 2 rings (SSSR count). The second kappa shape index (κ2) is 9.29. The largest absolute Gasteiger partial charge is 0.462 e. The van der Waals surface area contributed by atoms with Gasteiger partial charge in [0.05, 0.1) is 12.2 Å². The molecule has 0 aliphatic rings. The minimum absolute atomic E-state index is 0.0638. The van der Waals surface area contributed by atoms with Crippen molar-refractivity contribution in [2.75, 3.05) is 11.9 Å². The van der Waals surface area contributed by atoms with E-state index in [0.29, 0.717) is 16.1 Å². The number of hydrogen-bond donors (Lipinski definition) is 1. The van der Waals surface area contributed by atoms with Crippen LogP contribution in [0.2, 0.25) is 0 Å². The molecule has 0 atom stereocenters. The van der Waals surface area contributed by atoms with Crippen molar-refractivity contribution in [1.29, 1.82) is 0 Å². The van der Waals surface area contributed by atoms with Crippen LogP contribution in [-0.2, 0) is 16.0 Å². The van der Waals surface area contributed by atoms with Crippen LogP contribution < -0.4 is 5.32 Å². The lowest BCUT2D eigenvalue weighted by Gasteiger charge is -2.06. The molecule has 0 spiro atoms. The van der Waals surface area contributed by atoms with E-state index in [2.05, 4.69) is 5.32 Å². The first-order valence-electron chi connectivity index (χ1n) is 8.64. The molecular formula is C20H23NO4S. The summed E-state index contributed by atoms with van der Waals surface area (Å²) < 4.78 is 5.04. The Morgan fingerprint density at radius 1 is 1.08 bits per heavy atom. The number of rotatable bonds is 8. The minimum Gasteiger partial charge on any atom is -0.462 e. The highest BCUT2D eigenvalue weighted by atomic mass is 32.1. The molecular weight excluding hydrogens is 350 g/mol. The number of hydrogen-bond acceptors (Lipinski definition) is 5. The molecule has 0 saturated heterocycles. The lowest BCUT2D eigenvalue weighted by atomic mass is 10.1. The topological polar surface area (TPSA) is 72.5 Å². The fourth-order valence-electron chi connectivity index (χ4n) is 2.37. The van der Waals surface area contributed by atoms with Crippen LogP contribution in [0.1, 0.15) is 57.8 Å². The van der Waals surface area contributed by atoms with Gasteiger partial charge in [-0.1, -0.05) is 36.8 Å². The molecule has 1 N–H and O–H groups in total. The molecule has 0 fully saturated rings. The van der Waals surface area contributed by atoms with Gasteiger partial charge in [-0.05, 0) is 26.3 Å². The second-order valence-electron chi connectivity index (χ2n) is 5.87. The highest BCUT2D eigenvalue weighted by Gasteiger charge is 2.19. The van der Waals surface area contributed by atoms with E-state index >= 15 is 0 Å². The molecule has 0 saturated carbocycles. The standard InChI is InChI=1S/C20H23NO4S/c1-4-15-12-16(20(24)25-5-2)19(26-15)21-18(23)11-10-17(22)14-8-6-13(3)7-9-14/h6-9,12H,4-5,10-11H2,1-3H3,(H,21,23). The van der Waals surface area contributed by atoms with Crippen LogP contribution in [-0.4, -0.2) is 24.3 Å². The van der Waals surface area contributed by atoms with Gasteiger partial charge in [-0.15, -0.1) is 11.3 Å². The number of Topliss-reactive ketones (excluding diaryl/α,β-unsaturated/α-hetero) is 1. The number of thiophene rings is 1. The Bertz CT molecular complexity index is 793. The summed E-state index contributed by atoms with van der Waals surface area (Å²) in [5.74, 6) is -0.818. The molecule has 26 heavy (non-hydrogen) atoms. The Labute approximate surface area is 157 Å². The highest BCUT2D eigenvalue weighted by molar-refractivity contribution is 7.16. The monoisotopic (exact) mass is 373 g/mol. The van der Waals surface area contributed by atoms with Gasteiger partial charge in [-0.25, -0.2) is 4.79 Å². The zero-order chi connectivity index (χ0) is 19.1. The molecule has 0 unspecified atom stereocenters. The summed E-state index contributed by atoms with van der Waals surface area (Å²) in [6, 6.07) is 9.02. The van der Waals surface area contributed by atoms with E-state index in [9.17, 15) is 14.4 Å². The van der Waals surface area contributed by atoms with Crippen LogP contribution in [0.5, 0.6) is 0 Å². The smallest absolute Gasteiger partial charge is 0.341 e. The van der Waals surface area contributed by atoms with Crippen LogP contribution >= 0.6 is 11.3 Å². The summed E-state index contributed by atoms with van der Waals surface area (Å²) in [6.45, 7) is 5.94. The molecule has 0 bridgehead atoms. The number of carbonyl (C=O) groups is 3. The summed E-state index contributed by atoms with van der Waals surface area (Å²) in [6.07, 6.45) is 0.947. The number of amides is 1. The van der Waals surface area contributed by atoms with Gasteiger partial charge in [0.1, 0.15) is 5.00 Å². The molecule has 1 heterocycles. The van der Waals surface area contributed by atoms with E-state index < -0.39 is 5.97 Å². The lowest BCUT2D eigenvalue weighted by molar-refractivity contribution is -0.116. The molecule has 138 valence electrons. The molecule has 5 nitrogen and oxygen atoms in total. The number of benzene rings is 1. The summed E-state index contributed by atoms with van der Waals surface area (Å²) in [4.78, 5) is 37.4. The third kappa shape index (κ3) is 5.26. The van der Waals surface area contributed by atoms with E-state index in [1.165, 1.54) is 11.3 Å². The maximum atomic E-state index is 12.2. The quantitative estimate of drug-likeness (QED) is 0.550. The number of carbonyl (C=O) groups excluding carboxylic acids is 3. The maximum Gasteiger partial charge on any atom is 0.341 e. The van der Waals surface area contributed by atoms with Crippen molar-refractivity contribution in [3.05, 3.63) is 51.9 Å². The molecule has 6 heteroatoms. The SMILES string of the molecule is CCOC(=O)c1cc(CC)sc1NC(=O)CCC(=O)c1ccc(C)cc1. The van der Waals surface area contributed by atoms with Crippen molar-refractivity contribution in [3.8, 4) is 0 Å². The van der Waals surface area contributed by atoms with Crippen molar-refractivity contribution in [2.45, 2.75) is 40.0 Å². The van der Waals surface area contributed by atoms with Gasteiger partial charge in [0.25, 0.3) is 0 Å². The van der Waals surface area contributed by atoms with Gasteiger partial charge in [0.15, 0.2) is 5.78 Å². The zero-order valence-electron chi connectivity index (χ0n) is 15.3. The number of esters is 1. The fraction of sp³-hybridized carbons (Fsp3) is 0.350. The Morgan fingerprint density at radius 3 is 2.38 bits per heavy atom. The van der Waals surface area contributed by atoms with Gasteiger partial charge in [-0.2, -0.15) is 0 Å². The minimum atomic E-state index is -0.450. The Hall–Kier alpha value is -2.47. The number of aryl methyl sites for hydroxylation is 2. The zero-order valence-corrected chi connectivity index (χ0v) is 16.1. The van der Waals surface area contributed by atoms with Crippen molar-refractivity contribution in [1.82, 2.24) is 0 Å². The van der Waals surface area contributed by atoms with Gasteiger partial charge in [0, 0.05) is 23.3 Å². The summed E-state index contributed by atoms with van der Waals surface area (Å²) in [5.41, 5.74) is 2.04. The van der Waals surface area contributed by atoms with Crippen molar-refractivity contribution in [3.63, 3.8) is 0 Å². The van der Waals surface area contributed by atoms with Crippen LogP contribution in [0.25, 0.3) is 0 Å². The van der Waals surface area contributed by atoms with E-state index in [4.69, 9.17) is 4.74 Å². The first-order chi connectivity index (χ1) is 12.4. The summed E-state index contributed by atoms with van der Waals surface area (Å²) >= 11 is 1.36. The summed E-state index contributed by atoms with van der Waals surface area (Å²) in [7, 11) is 0. The molecule has 0 radical (unpaired) electrons. The first kappa shape index (κ1) is 19.8. The average Bonchev–Trinajstić information content (AvgIpc) is 3.03. The molecule has 1 aromatic carbocycles. The molecule has 1 aromatic heterocycles. The predicted molar refractivity (Wildman–Crippen MR) is 103 cm³/mol. The second-order valence-corrected chi connectivity index (χ2v) is 7.00. The van der Waals surface area contributed by atoms with Crippen LogP contribution in [0.15, 0.2) is 30.3 Å². The first-order valence-corrected chi connectivity index (χ1v) is 9.45. The van der Waals surface area contributed by atoms with E-state index in [1.54, 1.807) is 25.1 Å².